The molecule has 0 saturated heterocycles. The first-order valence-electron chi connectivity index (χ1n) is 7.74. The van der Waals surface area contributed by atoms with Crippen molar-refractivity contribution in [2.45, 2.75) is 32.9 Å². The molecule has 2 aromatic heterocycles. The first-order chi connectivity index (χ1) is 11.4. The summed E-state index contributed by atoms with van der Waals surface area (Å²) in [6.45, 7) is 6.07. The SMILES string of the molecule is CCn1cc(-c2cn[nH]c2)c2cc(C#CC(C)(C)O)cc(C#N)c21. The highest BCUT2D eigenvalue weighted by molar-refractivity contribution is 5.99. The van der Waals surface area contributed by atoms with E-state index in [1.54, 1.807) is 26.1 Å². The van der Waals surface area contributed by atoms with Gasteiger partial charge in [-0.05, 0) is 32.9 Å². The summed E-state index contributed by atoms with van der Waals surface area (Å²) in [5, 5.41) is 27.2. The van der Waals surface area contributed by atoms with Crippen LogP contribution in [0.25, 0.3) is 22.0 Å². The first-order valence-corrected chi connectivity index (χ1v) is 7.74. The lowest BCUT2D eigenvalue weighted by Crippen LogP contribution is -2.14. The van der Waals surface area contributed by atoms with Crippen LogP contribution in [-0.4, -0.2) is 25.5 Å². The molecule has 0 bridgehead atoms. The summed E-state index contributed by atoms with van der Waals surface area (Å²) in [6, 6.07) is 6.00. The number of fused-ring (bicyclic) bond motifs is 1. The maximum Gasteiger partial charge on any atom is 0.120 e. The fourth-order valence-electron chi connectivity index (χ4n) is 2.70. The zero-order valence-electron chi connectivity index (χ0n) is 13.9. The zero-order chi connectivity index (χ0) is 17.3. The molecule has 5 nitrogen and oxygen atoms in total. The number of hydrogen-bond acceptors (Lipinski definition) is 3. The van der Waals surface area contributed by atoms with Crippen LogP contribution in [0.3, 0.4) is 0 Å². The molecule has 0 unspecified atom stereocenters. The van der Waals surface area contributed by atoms with Gasteiger partial charge in [0.25, 0.3) is 0 Å². The Kier molecular flexibility index (Phi) is 3.89. The summed E-state index contributed by atoms with van der Waals surface area (Å²) in [5.41, 5.74) is 3.06. The number of rotatable bonds is 2. The number of nitrogens with one attached hydrogen (secondary N) is 1. The standard InChI is InChI=1S/C19H18N4O/c1-4-23-12-17(15-10-21-22-11-15)16-8-13(5-6-19(2,3)24)7-14(9-20)18(16)23/h7-8,10-12,24H,4H2,1-3H3,(H,21,22). The predicted octanol–water partition coefficient (Wildman–Crippen LogP) is 3.05. The molecule has 120 valence electrons. The number of nitrogens with zero attached hydrogens (tertiary/aromatic N) is 3. The number of H-pyrrole nitrogens is 1. The van der Waals surface area contributed by atoms with Gasteiger partial charge in [-0.15, -0.1) is 0 Å². The Bertz CT molecular complexity index is 987. The van der Waals surface area contributed by atoms with Gasteiger partial charge >= 0.3 is 0 Å². The third-order valence-corrected chi connectivity index (χ3v) is 3.76. The Balaban J connectivity index is 2.31. The molecule has 0 aliphatic heterocycles. The molecule has 0 fully saturated rings. The van der Waals surface area contributed by atoms with Crippen LogP contribution in [0.15, 0.2) is 30.7 Å². The van der Waals surface area contributed by atoms with Crippen molar-refractivity contribution in [1.29, 1.82) is 5.26 Å². The van der Waals surface area contributed by atoms with Crippen LogP contribution in [0.4, 0.5) is 0 Å². The van der Waals surface area contributed by atoms with Crippen molar-refractivity contribution in [1.82, 2.24) is 14.8 Å². The molecule has 5 heteroatoms. The molecule has 0 aliphatic carbocycles. The summed E-state index contributed by atoms with van der Waals surface area (Å²) in [4.78, 5) is 0. The lowest BCUT2D eigenvalue weighted by Gasteiger charge is -2.07. The van der Waals surface area contributed by atoms with Crippen molar-refractivity contribution in [3.05, 3.63) is 41.9 Å². The van der Waals surface area contributed by atoms with Crippen LogP contribution in [-0.2, 0) is 6.54 Å². The van der Waals surface area contributed by atoms with E-state index in [1.165, 1.54) is 0 Å². The minimum Gasteiger partial charge on any atom is -0.378 e. The summed E-state index contributed by atoms with van der Waals surface area (Å²) >= 11 is 0. The maximum atomic E-state index is 9.81. The summed E-state index contributed by atoms with van der Waals surface area (Å²) < 4.78 is 2.06. The van der Waals surface area contributed by atoms with Crippen molar-refractivity contribution in [2.75, 3.05) is 0 Å². The molecular weight excluding hydrogens is 300 g/mol. The Morgan fingerprint density at radius 2 is 2.17 bits per heavy atom. The Labute approximate surface area is 140 Å². The van der Waals surface area contributed by atoms with Crippen LogP contribution < -0.4 is 0 Å². The van der Waals surface area contributed by atoms with E-state index in [0.717, 1.165) is 28.6 Å². The van der Waals surface area contributed by atoms with Gasteiger partial charge in [0.1, 0.15) is 11.7 Å². The molecule has 0 atom stereocenters. The number of nitriles is 1. The number of benzene rings is 1. The van der Waals surface area contributed by atoms with Crippen molar-refractivity contribution in [2.24, 2.45) is 0 Å². The molecule has 0 spiro atoms. The molecule has 0 amide bonds. The van der Waals surface area contributed by atoms with Gasteiger partial charge in [0.05, 0.1) is 17.3 Å². The van der Waals surface area contributed by atoms with E-state index in [4.69, 9.17) is 0 Å². The summed E-state index contributed by atoms with van der Waals surface area (Å²) in [6.07, 6.45) is 5.62. The smallest absolute Gasteiger partial charge is 0.120 e. The average Bonchev–Trinajstić information content (AvgIpc) is 3.18. The topological polar surface area (TPSA) is 77.6 Å². The molecule has 24 heavy (non-hydrogen) atoms. The zero-order valence-corrected chi connectivity index (χ0v) is 13.9. The van der Waals surface area contributed by atoms with Crippen LogP contribution >= 0.6 is 0 Å². The molecule has 2 heterocycles. The first kappa shape index (κ1) is 15.9. The monoisotopic (exact) mass is 318 g/mol. The summed E-state index contributed by atoms with van der Waals surface area (Å²) in [7, 11) is 0. The number of aromatic amines is 1. The quantitative estimate of drug-likeness (QED) is 0.713. The highest BCUT2D eigenvalue weighted by atomic mass is 16.3. The van der Waals surface area contributed by atoms with E-state index in [0.29, 0.717) is 11.1 Å². The lowest BCUT2D eigenvalue weighted by atomic mass is 10.0. The molecule has 0 radical (unpaired) electrons. The summed E-state index contributed by atoms with van der Waals surface area (Å²) in [5.74, 6) is 5.77. The van der Waals surface area contributed by atoms with Gasteiger partial charge in [0.15, 0.2) is 0 Å². The van der Waals surface area contributed by atoms with E-state index in [1.807, 2.05) is 25.4 Å². The number of hydrogen-bond donors (Lipinski definition) is 2. The van der Waals surface area contributed by atoms with Gasteiger partial charge in [0, 0.05) is 41.0 Å². The third-order valence-electron chi connectivity index (χ3n) is 3.76. The van der Waals surface area contributed by atoms with E-state index in [9.17, 15) is 10.4 Å². The van der Waals surface area contributed by atoms with E-state index < -0.39 is 5.60 Å². The van der Waals surface area contributed by atoms with E-state index >= 15 is 0 Å². The normalized spacial score (nSPS) is 11.1. The van der Waals surface area contributed by atoms with Crippen molar-refractivity contribution in [3.63, 3.8) is 0 Å². The second-order valence-corrected chi connectivity index (χ2v) is 6.16. The lowest BCUT2D eigenvalue weighted by molar-refractivity contribution is 0.143. The molecule has 1 aromatic carbocycles. The Morgan fingerprint density at radius 3 is 2.75 bits per heavy atom. The highest BCUT2D eigenvalue weighted by Gasteiger charge is 2.15. The fourth-order valence-corrected chi connectivity index (χ4v) is 2.70. The second-order valence-electron chi connectivity index (χ2n) is 6.16. The molecule has 0 saturated carbocycles. The second kappa shape index (κ2) is 5.88. The van der Waals surface area contributed by atoms with Crippen LogP contribution in [0, 0.1) is 23.2 Å². The predicted molar refractivity (Wildman–Crippen MR) is 93.1 cm³/mol. The maximum absolute atomic E-state index is 9.81. The third kappa shape index (κ3) is 2.90. The van der Waals surface area contributed by atoms with Crippen molar-refractivity contribution in [3.8, 4) is 29.0 Å². The fraction of sp³-hybridized carbons (Fsp3) is 0.263. The molecule has 0 aliphatic rings. The Morgan fingerprint density at radius 1 is 1.38 bits per heavy atom. The minimum absolute atomic E-state index is 0.573. The van der Waals surface area contributed by atoms with Crippen LogP contribution in [0.5, 0.6) is 0 Å². The number of aliphatic hydroxyl groups is 1. The largest absolute Gasteiger partial charge is 0.378 e. The molecular formula is C19H18N4O. The van der Waals surface area contributed by atoms with Crippen LogP contribution in [0.1, 0.15) is 31.9 Å². The Hall–Kier alpha value is -3.02. The number of aryl methyl sites for hydroxylation is 1. The van der Waals surface area contributed by atoms with Gasteiger partial charge in [-0.3, -0.25) is 5.10 Å². The molecule has 2 N–H and O–H groups in total. The molecule has 3 rings (SSSR count). The van der Waals surface area contributed by atoms with Crippen LogP contribution in [0.2, 0.25) is 0 Å². The van der Waals surface area contributed by atoms with E-state index in [-0.39, 0.29) is 0 Å². The molecule has 3 aromatic rings. The average molecular weight is 318 g/mol. The van der Waals surface area contributed by atoms with E-state index in [2.05, 4.69) is 32.7 Å². The van der Waals surface area contributed by atoms with Crippen molar-refractivity contribution < 1.29 is 5.11 Å². The van der Waals surface area contributed by atoms with Crippen molar-refractivity contribution >= 4 is 10.9 Å². The van der Waals surface area contributed by atoms with Gasteiger partial charge in [-0.2, -0.15) is 10.4 Å². The van der Waals surface area contributed by atoms with Gasteiger partial charge in [0.2, 0.25) is 0 Å². The van der Waals surface area contributed by atoms with Gasteiger partial charge < -0.3 is 9.67 Å². The number of aromatic nitrogens is 3. The minimum atomic E-state index is -1.08. The van der Waals surface area contributed by atoms with Gasteiger partial charge in [-0.1, -0.05) is 11.8 Å². The van der Waals surface area contributed by atoms with Gasteiger partial charge in [-0.25, -0.2) is 0 Å². The highest BCUT2D eigenvalue weighted by Crippen LogP contribution is 2.33.